The predicted molar refractivity (Wildman–Crippen MR) is 71.5 cm³/mol. The molecule has 1 aliphatic rings. The van der Waals surface area contributed by atoms with Crippen molar-refractivity contribution in [2.24, 2.45) is 0 Å². The average molecular weight is 234 g/mol. The van der Waals surface area contributed by atoms with Crippen molar-refractivity contribution in [2.75, 3.05) is 7.11 Å². The summed E-state index contributed by atoms with van der Waals surface area (Å²) in [5.74, 6) is 0. The summed E-state index contributed by atoms with van der Waals surface area (Å²) in [6.07, 6.45) is 6.93. The van der Waals surface area contributed by atoms with Crippen molar-refractivity contribution in [1.82, 2.24) is 0 Å². The minimum atomic E-state index is -1.70. The van der Waals surface area contributed by atoms with E-state index in [9.17, 15) is 0 Å². The third kappa shape index (κ3) is 2.23. The minimum Gasteiger partial charge on any atom is -0.415 e. The fourth-order valence-electron chi connectivity index (χ4n) is 2.94. The molecule has 0 aliphatic heterocycles. The highest BCUT2D eigenvalue weighted by molar-refractivity contribution is 6.86. The first-order valence-electron chi connectivity index (χ1n) is 6.38. The van der Waals surface area contributed by atoms with E-state index in [1.807, 2.05) is 7.11 Å². The second kappa shape index (κ2) is 5.15. The molecule has 0 radical (unpaired) electrons. The van der Waals surface area contributed by atoms with Crippen molar-refractivity contribution in [2.45, 2.75) is 44.2 Å². The fourth-order valence-corrected chi connectivity index (χ4v) is 6.35. The van der Waals surface area contributed by atoms with E-state index in [0.29, 0.717) is 0 Å². The third-order valence-electron chi connectivity index (χ3n) is 4.16. The lowest BCUT2D eigenvalue weighted by Gasteiger charge is -2.36. The van der Waals surface area contributed by atoms with Crippen LogP contribution in [0.5, 0.6) is 0 Å². The molecule has 1 unspecified atom stereocenters. The smallest absolute Gasteiger partial charge is 0.223 e. The maximum absolute atomic E-state index is 6.00. The van der Waals surface area contributed by atoms with Crippen molar-refractivity contribution < 1.29 is 4.43 Å². The van der Waals surface area contributed by atoms with Crippen molar-refractivity contribution in [3.63, 3.8) is 0 Å². The van der Waals surface area contributed by atoms with Gasteiger partial charge in [0.1, 0.15) is 0 Å². The molecule has 1 aromatic rings. The largest absolute Gasteiger partial charge is 0.415 e. The molecule has 1 atom stereocenters. The Hall–Kier alpha value is -0.603. The second-order valence-electron chi connectivity index (χ2n) is 5.01. The van der Waals surface area contributed by atoms with Gasteiger partial charge in [-0.2, -0.15) is 0 Å². The molecule has 0 saturated heterocycles. The van der Waals surface area contributed by atoms with Crippen molar-refractivity contribution in [3.8, 4) is 0 Å². The van der Waals surface area contributed by atoms with Gasteiger partial charge in [0, 0.05) is 7.11 Å². The van der Waals surface area contributed by atoms with Crippen LogP contribution in [0.15, 0.2) is 30.3 Å². The van der Waals surface area contributed by atoms with Crippen LogP contribution in [0.1, 0.15) is 32.1 Å². The van der Waals surface area contributed by atoms with E-state index in [-0.39, 0.29) is 0 Å². The van der Waals surface area contributed by atoms with Crippen LogP contribution in [0.2, 0.25) is 12.1 Å². The molecule has 0 bridgehead atoms. The maximum atomic E-state index is 6.00. The molecule has 0 heterocycles. The molecule has 0 amide bonds. The fraction of sp³-hybridized carbons (Fsp3) is 0.571. The van der Waals surface area contributed by atoms with Crippen LogP contribution in [-0.4, -0.2) is 15.4 Å². The topological polar surface area (TPSA) is 9.23 Å². The van der Waals surface area contributed by atoms with E-state index in [0.717, 1.165) is 5.54 Å². The highest BCUT2D eigenvalue weighted by atomic mass is 28.4. The Kier molecular flexibility index (Phi) is 3.82. The number of hydrogen-bond donors (Lipinski definition) is 0. The van der Waals surface area contributed by atoms with Gasteiger partial charge in [-0.1, -0.05) is 62.4 Å². The highest BCUT2D eigenvalue weighted by Gasteiger charge is 2.39. The Bertz CT molecular complexity index is 319. The van der Waals surface area contributed by atoms with Gasteiger partial charge in [-0.15, -0.1) is 0 Å². The molecule has 16 heavy (non-hydrogen) atoms. The maximum Gasteiger partial charge on any atom is 0.223 e. The summed E-state index contributed by atoms with van der Waals surface area (Å²) in [6.45, 7) is 2.39. The molecule has 0 N–H and O–H groups in total. The summed E-state index contributed by atoms with van der Waals surface area (Å²) >= 11 is 0. The zero-order valence-electron chi connectivity index (χ0n) is 10.4. The standard InChI is InChI=1S/C14H22OSi/c1-15-16(2,13-9-5-3-6-10-13)14-11-7-4-8-12-14/h3,5-6,9-10,14H,4,7-8,11-12H2,1-2H3. The zero-order valence-corrected chi connectivity index (χ0v) is 11.4. The van der Waals surface area contributed by atoms with Gasteiger partial charge in [0.25, 0.3) is 0 Å². The molecule has 1 saturated carbocycles. The van der Waals surface area contributed by atoms with Gasteiger partial charge in [-0.25, -0.2) is 0 Å². The van der Waals surface area contributed by atoms with Crippen LogP contribution >= 0.6 is 0 Å². The average Bonchev–Trinajstić information content (AvgIpc) is 2.40. The molecular formula is C14H22OSi. The molecule has 1 nitrogen and oxygen atoms in total. The van der Waals surface area contributed by atoms with Crippen molar-refractivity contribution >= 4 is 13.5 Å². The molecule has 2 rings (SSSR count). The Balaban J connectivity index is 2.24. The molecule has 1 fully saturated rings. The zero-order chi connectivity index (χ0) is 11.4. The lowest BCUT2D eigenvalue weighted by molar-refractivity contribution is 0.369. The minimum absolute atomic E-state index is 0.814. The monoisotopic (exact) mass is 234 g/mol. The molecule has 2 heteroatoms. The van der Waals surface area contributed by atoms with Crippen LogP contribution in [0.25, 0.3) is 0 Å². The predicted octanol–water partition coefficient (Wildman–Crippen LogP) is 3.45. The third-order valence-corrected chi connectivity index (χ3v) is 8.62. The summed E-state index contributed by atoms with van der Waals surface area (Å²) in [7, 11) is 0.212. The molecule has 1 aromatic carbocycles. The number of rotatable bonds is 3. The summed E-state index contributed by atoms with van der Waals surface area (Å²) < 4.78 is 6.00. The summed E-state index contributed by atoms with van der Waals surface area (Å²) in [4.78, 5) is 0. The first-order valence-corrected chi connectivity index (χ1v) is 8.86. The van der Waals surface area contributed by atoms with Crippen LogP contribution in [0, 0.1) is 0 Å². The Morgan fingerprint density at radius 2 is 1.69 bits per heavy atom. The Morgan fingerprint density at radius 3 is 2.25 bits per heavy atom. The lowest BCUT2D eigenvalue weighted by Crippen LogP contribution is -2.51. The number of hydrogen-bond acceptors (Lipinski definition) is 1. The van der Waals surface area contributed by atoms with Crippen LogP contribution < -0.4 is 5.19 Å². The van der Waals surface area contributed by atoms with Crippen LogP contribution in [0.4, 0.5) is 0 Å². The van der Waals surface area contributed by atoms with E-state index in [4.69, 9.17) is 4.43 Å². The highest BCUT2D eigenvalue weighted by Crippen LogP contribution is 2.36. The van der Waals surface area contributed by atoms with E-state index >= 15 is 0 Å². The molecule has 0 spiro atoms. The molecule has 1 aliphatic carbocycles. The van der Waals surface area contributed by atoms with Gasteiger partial charge in [-0.05, 0) is 17.3 Å². The lowest BCUT2D eigenvalue weighted by atomic mass is 10.0. The van der Waals surface area contributed by atoms with Crippen molar-refractivity contribution in [1.29, 1.82) is 0 Å². The van der Waals surface area contributed by atoms with Crippen LogP contribution in [-0.2, 0) is 4.43 Å². The van der Waals surface area contributed by atoms with Gasteiger partial charge in [0.05, 0.1) is 0 Å². The van der Waals surface area contributed by atoms with Gasteiger partial charge >= 0.3 is 0 Å². The first kappa shape index (κ1) is 11.9. The first-order chi connectivity index (χ1) is 7.77. The quantitative estimate of drug-likeness (QED) is 0.728. The van der Waals surface area contributed by atoms with Gasteiger partial charge < -0.3 is 4.43 Å². The second-order valence-corrected chi connectivity index (χ2v) is 9.03. The van der Waals surface area contributed by atoms with Gasteiger partial charge in [0.2, 0.25) is 8.32 Å². The number of benzene rings is 1. The summed E-state index contributed by atoms with van der Waals surface area (Å²) in [5, 5.41) is 1.46. The Morgan fingerprint density at radius 1 is 1.06 bits per heavy atom. The van der Waals surface area contributed by atoms with Gasteiger partial charge in [0.15, 0.2) is 0 Å². The van der Waals surface area contributed by atoms with Crippen LogP contribution in [0.3, 0.4) is 0 Å². The molecular weight excluding hydrogens is 212 g/mol. The molecule has 88 valence electrons. The molecule has 0 aromatic heterocycles. The van der Waals surface area contributed by atoms with E-state index in [2.05, 4.69) is 36.9 Å². The normalized spacial score (nSPS) is 21.6. The van der Waals surface area contributed by atoms with E-state index in [1.165, 1.54) is 37.3 Å². The van der Waals surface area contributed by atoms with E-state index < -0.39 is 8.32 Å². The van der Waals surface area contributed by atoms with Gasteiger partial charge in [-0.3, -0.25) is 0 Å². The Labute approximate surface area is 100.0 Å². The SMILES string of the molecule is CO[Si](C)(c1ccccc1)C1CCCCC1. The summed E-state index contributed by atoms with van der Waals surface area (Å²) in [6, 6.07) is 10.9. The summed E-state index contributed by atoms with van der Waals surface area (Å²) in [5.41, 5.74) is 0.814. The van der Waals surface area contributed by atoms with Crippen molar-refractivity contribution in [3.05, 3.63) is 30.3 Å². The van der Waals surface area contributed by atoms with E-state index in [1.54, 1.807) is 0 Å².